The zero-order valence-corrected chi connectivity index (χ0v) is 10.2. The van der Waals surface area contributed by atoms with Crippen molar-refractivity contribution in [1.82, 2.24) is 9.78 Å². The topological polar surface area (TPSA) is 37.8 Å². The summed E-state index contributed by atoms with van der Waals surface area (Å²) in [6, 6.07) is 7.86. The van der Waals surface area contributed by atoms with Crippen LogP contribution in [0, 0.1) is 13.8 Å². The molecule has 2 aromatic rings. The monoisotopic (exact) mass is 228 g/mol. The molecule has 1 heterocycles. The number of H-pyrrole nitrogens is 1. The Kier molecular flexibility index (Phi) is 2.21. The highest BCUT2D eigenvalue weighted by atomic mass is 16.1. The summed E-state index contributed by atoms with van der Waals surface area (Å²) in [5.74, 6) is 0.578. The highest BCUT2D eigenvalue weighted by molar-refractivity contribution is 5.42. The Morgan fingerprint density at radius 2 is 2.00 bits per heavy atom. The Morgan fingerprint density at radius 3 is 2.65 bits per heavy atom. The molecule has 1 fully saturated rings. The number of rotatable bonds is 2. The fourth-order valence-corrected chi connectivity index (χ4v) is 2.25. The van der Waals surface area contributed by atoms with Crippen LogP contribution in [0.4, 0.5) is 0 Å². The largest absolute Gasteiger partial charge is 0.295 e. The molecule has 0 unspecified atom stereocenters. The summed E-state index contributed by atoms with van der Waals surface area (Å²) < 4.78 is 1.66. The molecule has 1 aliphatic carbocycles. The molecular weight excluding hydrogens is 212 g/mol. The van der Waals surface area contributed by atoms with Gasteiger partial charge in [0, 0.05) is 17.7 Å². The first-order valence-corrected chi connectivity index (χ1v) is 6.05. The lowest BCUT2D eigenvalue weighted by molar-refractivity contribution is 0.810. The molecule has 0 spiro atoms. The van der Waals surface area contributed by atoms with E-state index in [1.165, 1.54) is 18.4 Å². The van der Waals surface area contributed by atoms with Crippen LogP contribution in [0.25, 0.3) is 5.69 Å². The minimum Gasteiger partial charge on any atom is -0.295 e. The molecule has 17 heavy (non-hydrogen) atoms. The van der Waals surface area contributed by atoms with Gasteiger partial charge in [-0.1, -0.05) is 17.7 Å². The van der Waals surface area contributed by atoms with Gasteiger partial charge in [-0.15, -0.1) is 0 Å². The van der Waals surface area contributed by atoms with E-state index in [2.05, 4.69) is 18.1 Å². The number of aromatic nitrogens is 2. The highest BCUT2D eigenvalue weighted by Crippen LogP contribution is 2.38. The van der Waals surface area contributed by atoms with Crippen molar-refractivity contribution >= 4 is 0 Å². The first-order chi connectivity index (χ1) is 8.15. The van der Waals surface area contributed by atoms with Crippen LogP contribution >= 0.6 is 0 Å². The van der Waals surface area contributed by atoms with Gasteiger partial charge in [0.1, 0.15) is 0 Å². The van der Waals surface area contributed by atoms with Crippen molar-refractivity contribution in [3.8, 4) is 5.69 Å². The Bertz CT molecular complexity index is 617. The second-order valence-electron chi connectivity index (χ2n) is 4.95. The van der Waals surface area contributed by atoms with Crippen molar-refractivity contribution in [2.24, 2.45) is 0 Å². The molecule has 0 atom stereocenters. The number of nitrogens with zero attached hydrogens (tertiary/aromatic N) is 1. The van der Waals surface area contributed by atoms with E-state index in [4.69, 9.17) is 0 Å². The summed E-state index contributed by atoms with van der Waals surface area (Å²) in [7, 11) is 0. The molecule has 0 saturated heterocycles. The molecule has 0 radical (unpaired) electrons. The summed E-state index contributed by atoms with van der Waals surface area (Å²) in [4.78, 5) is 11.9. The van der Waals surface area contributed by atoms with Crippen molar-refractivity contribution in [3.63, 3.8) is 0 Å². The first-order valence-electron chi connectivity index (χ1n) is 6.05. The van der Waals surface area contributed by atoms with Gasteiger partial charge >= 0.3 is 0 Å². The number of aromatic amines is 1. The van der Waals surface area contributed by atoms with Crippen molar-refractivity contribution in [2.75, 3.05) is 0 Å². The molecular formula is C14H16N2O. The zero-order chi connectivity index (χ0) is 12.0. The minimum atomic E-state index is 0.0406. The molecule has 88 valence electrons. The third-order valence-corrected chi connectivity index (χ3v) is 3.35. The maximum absolute atomic E-state index is 11.9. The molecule has 0 aliphatic heterocycles. The number of hydrogen-bond donors (Lipinski definition) is 1. The van der Waals surface area contributed by atoms with E-state index in [1.807, 2.05) is 19.1 Å². The SMILES string of the molecule is Cc1ccc(-n2[nH]c(C3CC3)cc2=O)c(C)c1. The Labute approximate surface area is 100 Å². The van der Waals surface area contributed by atoms with Gasteiger partial charge in [0.15, 0.2) is 0 Å². The zero-order valence-electron chi connectivity index (χ0n) is 10.2. The average molecular weight is 228 g/mol. The maximum Gasteiger partial charge on any atom is 0.271 e. The molecule has 1 aromatic heterocycles. The Balaban J connectivity index is 2.11. The molecule has 3 heteroatoms. The van der Waals surface area contributed by atoms with Crippen LogP contribution in [-0.2, 0) is 0 Å². The van der Waals surface area contributed by atoms with Gasteiger partial charge in [-0.05, 0) is 38.3 Å². The van der Waals surface area contributed by atoms with Gasteiger partial charge in [0.05, 0.1) is 5.69 Å². The number of hydrogen-bond acceptors (Lipinski definition) is 1. The van der Waals surface area contributed by atoms with E-state index in [1.54, 1.807) is 10.7 Å². The predicted molar refractivity (Wildman–Crippen MR) is 67.8 cm³/mol. The third-order valence-electron chi connectivity index (χ3n) is 3.35. The lowest BCUT2D eigenvalue weighted by Gasteiger charge is -2.07. The molecule has 3 rings (SSSR count). The minimum absolute atomic E-state index is 0.0406. The van der Waals surface area contributed by atoms with Crippen LogP contribution in [0.2, 0.25) is 0 Å². The fraction of sp³-hybridized carbons (Fsp3) is 0.357. The van der Waals surface area contributed by atoms with E-state index < -0.39 is 0 Å². The molecule has 1 N–H and O–H groups in total. The predicted octanol–water partition coefficient (Wildman–Crippen LogP) is 2.66. The normalized spacial score (nSPS) is 15.2. The summed E-state index contributed by atoms with van der Waals surface area (Å²) >= 11 is 0. The van der Waals surface area contributed by atoms with Crippen LogP contribution in [0.3, 0.4) is 0 Å². The molecule has 1 aliphatic rings. The van der Waals surface area contributed by atoms with Crippen LogP contribution in [0.1, 0.15) is 35.6 Å². The summed E-state index contributed by atoms with van der Waals surface area (Å²) in [5, 5.41) is 3.22. The lowest BCUT2D eigenvalue weighted by atomic mass is 10.1. The van der Waals surface area contributed by atoms with Crippen molar-refractivity contribution in [3.05, 3.63) is 51.4 Å². The van der Waals surface area contributed by atoms with E-state index in [9.17, 15) is 4.79 Å². The second-order valence-corrected chi connectivity index (χ2v) is 4.95. The highest BCUT2D eigenvalue weighted by Gasteiger charge is 2.26. The maximum atomic E-state index is 11.9. The second kappa shape index (κ2) is 3.62. The van der Waals surface area contributed by atoms with Crippen LogP contribution < -0.4 is 5.56 Å². The number of benzene rings is 1. The van der Waals surface area contributed by atoms with Crippen molar-refractivity contribution in [1.29, 1.82) is 0 Å². The van der Waals surface area contributed by atoms with Crippen molar-refractivity contribution in [2.45, 2.75) is 32.6 Å². The van der Waals surface area contributed by atoms with Crippen molar-refractivity contribution < 1.29 is 0 Å². The van der Waals surface area contributed by atoms with Crippen LogP contribution in [0.5, 0.6) is 0 Å². The van der Waals surface area contributed by atoms with Gasteiger partial charge in [0.25, 0.3) is 5.56 Å². The fourth-order valence-electron chi connectivity index (χ4n) is 2.25. The molecule has 1 saturated carbocycles. The van der Waals surface area contributed by atoms with Gasteiger partial charge in [-0.3, -0.25) is 9.89 Å². The summed E-state index contributed by atoms with van der Waals surface area (Å²) in [6.45, 7) is 4.09. The van der Waals surface area contributed by atoms with Gasteiger partial charge in [-0.2, -0.15) is 0 Å². The van der Waals surface area contributed by atoms with Gasteiger partial charge in [-0.25, -0.2) is 4.68 Å². The van der Waals surface area contributed by atoms with Gasteiger partial charge in [0.2, 0.25) is 0 Å². The standard InChI is InChI=1S/C14H16N2O/c1-9-3-6-13(10(2)7-9)16-14(17)8-12(15-16)11-4-5-11/h3,6-8,11,15H,4-5H2,1-2H3. The quantitative estimate of drug-likeness (QED) is 0.843. The Hall–Kier alpha value is -1.77. The number of aryl methyl sites for hydroxylation is 2. The van der Waals surface area contributed by atoms with E-state index in [0.29, 0.717) is 5.92 Å². The Morgan fingerprint density at radius 1 is 1.24 bits per heavy atom. The third kappa shape index (κ3) is 1.82. The first kappa shape index (κ1) is 10.4. The molecule has 1 aromatic carbocycles. The smallest absolute Gasteiger partial charge is 0.271 e. The van der Waals surface area contributed by atoms with Crippen LogP contribution in [0.15, 0.2) is 29.1 Å². The van der Waals surface area contributed by atoms with E-state index in [0.717, 1.165) is 16.9 Å². The molecule has 3 nitrogen and oxygen atoms in total. The number of nitrogens with one attached hydrogen (secondary N) is 1. The molecule has 0 amide bonds. The average Bonchev–Trinajstić information content (AvgIpc) is 3.04. The van der Waals surface area contributed by atoms with E-state index >= 15 is 0 Å². The summed E-state index contributed by atoms with van der Waals surface area (Å²) in [5.41, 5.74) is 4.41. The van der Waals surface area contributed by atoms with Gasteiger partial charge < -0.3 is 0 Å². The lowest BCUT2D eigenvalue weighted by Crippen LogP contribution is -2.14. The van der Waals surface area contributed by atoms with Crippen LogP contribution in [-0.4, -0.2) is 9.78 Å². The molecule has 0 bridgehead atoms. The van der Waals surface area contributed by atoms with E-state index in [-0.39, 0.29) is 5.56 Å². The summed E-state index contributed by atoms with van der Waals surface area (Å²) in [6.07, 6.45) is 2.40.